The molecule has 0 N–H and O–H groups in total. The monoisotopic (exact) mass is 1210 g/mol. The van der Waals surface area contributed by atoms with Crippen molar-refractivity contribution in [1.82, 2.24) is 0 Å². The van der Waals surface area contributed by atoms with Crippen LogP contribution in [-0.2, 0) is 25.7 Å². The van der Waals surface area contributed by atoms with E-state index in [2.05, 4.69) is 201 Å². The second kappa shape index (κ2) is 29.2. The van der Waals surface area contributed by atoms with Gasteiger partial charge in [-0.3, -0.25) is 0 Å². The van der Waals surface area contributed by atoms with Crippen molar-refractivity contribution in [2.75, 3.05) is 0 Å². The maximum absolute atomic E-state index is 2.39. The maximum atomic E-state index is 2.39. The summed E-state index contributed by atoms with van der Waals surface area (Å²) < 4.78 is 0. The van der Waals surface area contributed by atoms with E-state index in [4.69, 9.17) is 0 Å². The van der Waals surface area contributed by atoms with E-state index in [-0.39, 0.29) is 24.0 Å². The standard InChI is InChI=1S/C16H20.C10H14.C8H10.I3.I2.HI/c1-13-3-4-14(2)6-8-16-11-9-15(7-5-13)10-12-16;1-3-9-5-7-10(4-2)8-6-9;1-7-3-5-8(2)6-4-7;1-3-2;1-2;/h3-4,9-12H,5-8H2,1-2H3;5-8H,3-4H2,1-2H3;3-6H,1-2H3;;;1H/q;;;-1;;. The Bertz CT molecular complexity index is 968. The van der Waals surface area contributed by atoms with Crippen LogP contribution in [0, 0.1) is 13.8 Å². The molecule has 5 rings (SSSR count). The molecule has 0 aliphatic heterocycles. The fraction of sp³-hybridized carbons (Fsp3) is 0.353. The van der Waals surface area contributed by atoms with Gasteiger partial charge in [-0.1, -0.05) is 121 Å². The molecule has 6 heteroatoms. The molecule has 0 unspecified atom stereocenters. The van der Waals surface area contributed by atoms with Crippen LogP contribution in [0.3, 0.4) is 0 Å². The summed E-state index contributed by atoms with van der Waals surface area (Å²) in [6.45, 7) is 13.0. The molecular formula is C34H45I6-. The van der Waals surface area contributed by atoms with Crippen molar-refractivity contribution >= 4 is 98.4 Å². The Morgan fingerprint density at radius 1 is 0.525 bits per heavy atom. The fourth-order valence-electron chi connectivity index (χ4n) is 3.65. The molecule has 3 aromatic rings. The number of benzene rings is 3. The van der Waals surface area contributed by atoms with Crippen LogP contribution >= 0.6 is 98.4 Å². The Hall–Kier alpha value is 1.52. The van der Waals surface area contributed by atoms with Gasteiger partial charge in [0, 0.05) is 37.2 Å². The predicted octanol–water partition coefficient (Wildman–Crippen LogP) is 10.7. The van der Waals surface area contributed by atoms with Crippen LogP contribution in [0.5, 0.6) is 0 Å². The second-order valence-electron chi connectivity index (χ2n) is 9.57. The number of fused-ring (bicyclic) bond motifs is 7. The van der Waals surface area contributed by atoms with Crippen molar-refractivity contribution in [3.8, 4) is 0 Å². The zero-order valence-electron chi connectivity index (χ0n) is 24.6. The van der Waals surface area contributed by atoms with E-state index < -0.39 is 0 Å². The van der Waals surface area contributed by atoms with Gasteiger partial charge in [0.2, 0.25) is 0 Å². The van der Waals surface area contributed by atoms with E-state index in [0.717, 1.165) is 25.7 Å². The van der Waals surface area contributed by atoms with Gasteiger partial charge in [0.05, 0.1) is 0 Å². The Morgan fingerprint density at radius 2 is 0.800 bits per heavy atom. The van der Waals surface area contributed by atoms with Crippen LogP contribution in [0.25, 0.3) is 0 Å². The number of rotatable bonds is 2. The predicted molar refractivity (Wildman–Crippen MR) is 223 cm³/mol. The molecule has 2 bridgehead atoms. The first-order valence-electron chi connectivity index (χ1n) is 13.3. The Morgan fingerprint density at radius 3 is 1.05 bits per heavy atom. The van der Waals surface area contributed by atoms with Gasteiger partial charge in [0.15, 0.2) is 0 Å². The van der Waals surface area contributed by atoms with Gasteiger partial charge in [-0.05, 0) is 88.5 Å². The molecule has 0 amide bonds. The number of hydrogen-bond acceptors (Lipinski definition) is 0. The third-order valence-corrected chi connectivity index (χ3v) is 6.35. The average molecular weight is 1220 g/mol. The van der Waals surface area contributed by atoms with Gasteiger partial charge in [0.1, 0.15) is 0 Å². The first kappa shape index (κ1) is 43.6. The van der Waals surface area contributed by atoms with E-state index in [9.17, 15) is 0 Å². The van der Waals surface area contributed by atoms with Gasteiger partial charge in [-0.2, -0.15) is 0 Å². The number of allylic oxidation sites excluding steroid dienone is 4. The van der Waals surface area contributed by atoms with E-state index in [0.29, 0.717) is 13.3 Å². The Kier molecular flexibility index (Phi) is 31.9. The van der Waals surface area contributed by atoms with Gasteiger partial charge in [-0.15, -0.1) is 24.0 Å². The first-order valence-corrected chi connectivity index (χ1v) is 32.2. The van der Waals surface area contributed by atoms with Crippen LogP contribution in [0.1, 0.15) is 73.9 Å². The molecular weight excluding hydrogens is 1170 g/mol. The molecule has 0 saturated heterocycles. The molecule has 0 nitrogen and oxygen atoms in total. The minimum absolute atomic E-state index is 0. The summed E-state index contributed by atoms with van der Waals surface area (Å²) in [4.78, 5) is 0. The van der Waals surface area contributed by atoms with Gasteiger partial charge in [-0.25, -0.2) is 0 Å². The molecule has 3 aromatic carbocycles. The second-order valence-corrected chi connectivity index (χ2v) is 25.8. The summed E-state index contributed by atoms with van der Waals surface area (Å²) >= 11 is 9.54. The molecule has 224 valence electrons. The molecule has 2 aliphatic carbocycles. The number of halogens is 6. The SMILES string of the molecule is CC1=CC=C(C)CCc2ccc(cc2)CC1.CCc1ccc(CC)cc1.Cc1ccc(C)cc1.I.II.I[I-]I. The van der Waals surface area contributed by atoms with Crippen LogP contribution in [-0.4, -0.2) is 0 Å². The molecule has 0 atom stereocenters. The van der Waals surface area contributed by atoms with Gasteiger partial charge >= 0.3 is 50.5 Å². The van der Waals surface area contributed by atoms with Crippen molar-refractivity contribution < 1.29 is 13.3 Å². The zero-order chi connectivity index (χ0) is 29.5. The van der Waals surface area contributed by atoms with Gasteiger partial charge in [0.25, 0.3) is 0 Å². The third kappa shape index (κ3) is 23.0. The Balaban J connectivity index is 0. The normalized spacial score (nSPS) is 11.8. The van der Waals surface area contributed by atoms with E-state index in [1.54, 1.807) is 0 Å². The molecule has 0 fully saturated rings. The average Bonchev–Trinajstić information content (AvgIpc) is 2.97. The van der Waals surface area contributed by atoms with Crippen LogP contribution in [0.15, 0.2) is 96.1 Å². The van der Waals surface area contributed by atoms with Crippen molar-refractivity contribution in [1.29, 1.82) is 0 Å². The van der Waals surface area contributed by atoms with Crippen molar-refractivity contribution in [2.45, 2.75) is 80.1 Å². The minimum atomic E-state index is 0. The number of aryl methyl sites for hydroxylation is 6. The molecule has 0 spiro atoms. The van der Waals surface area contributed by atoms with E-state index >= 15 is 0 Å². The molecule has 0 radical (unpaired) electrons. The van der Waals surface area contributed by atoms with E-state index in [1.807, 2.05) is 0 Å². The van der Waals surface area contributed by atoms with Crippen LogP contribution < -0.4 is 13.3 Å². The summed E-state index contributed by atoms with van der Waals surface area (Å²) in [5.41, 5.74) is 11.4. The summed E-state index contributed by atoms with van der Waals surface area (Å²) in [5, 5.41) is 0. The summed E-state index contributed by atoms with van der Waals surface area (Å²) in [6, 6.07) is 26.4. The Labute approximate surface area is 316 Å². The summed E-state index contributed by atoms with van der Waals surface area (Å²) in [6.07, 6.45) is 11.5. The van der Waals surface area contributed by atoms with Crippen LogP contribution in [0.2, 0.25) is 0 Å². The molecule has 0 heterocycles. The number of hydrogen-bond donors (Lipinski definition) is 0. The summed E-state index contributed by atoms with van der Waals surface area (Å²) in [7, 11) is 0. The fourth-order valence-corrected chi connectivity index (χ4v) is 3.65. The topological polar surface area (TPSA) is 0 Å². The molecule has 2 aliphatic rings. The quantitative estimate of drug-likeness (QED) is 0.224. The molecule has 0 aromatic heterocycles. The van der Waals surface area contributed by atoms with Gasteiger partial charge < -0.3 is 0 Å². The first-order chi connectivity index (χ1) is 18.8. The van der Waals surface area contributed by atoms with Crippen molar-refractivity contribution in [2.24, 2.45) is 0 Å². The third-order valence-electron chi connectivity index (χ3n) is 6.35. The van der Waals surface area contributed by atoms with Crippen LogP contribution in [0.4, 0.5) is 0 Å². The van der Waals surface area contributed by atoms with E-state index in [1.165, 1.54) is 57.4 Å². The zero-order valence-corrected chi connectivity index (χ0v) is 37.7. The molecule has 40 heavy (non-hydrogen) atoms. The summed E-state index contributed by atoms with van der Waals surface area (Å²) in [5.74, 6) is 0. The molecule has 0 saturated carbocycles. The van der Waals surface area contributed by atoms with Crippen molar-refractivity contribution in [3.63, 3.8) is 0 Å². The van der Waals surface area contributed by atoms with Crippen molar-refractivity contribution in [3.05, 3.63) is 129 Å².